The highest BCUT2D eigenvalue weighted by Crippen LogP contribution is 2.55. The molecule has 0 radical (unpaired) electrons. The Labute approximate surface area is 206 Å². The molecule has 1 unspecified atom stereocenters. The van der Waals surface area contributed by atoms with E-state index in [-0.39, 0.29) is 5.41 Å². The van der Waals surface area contributed by atoms with Crippen molar-refractivity contribution in [1.82, 2.24) is 0 Å². The van der Waals surface area contributed by atoms with Gasteiger partial charge >= 0.3 is 0 Å². The molecule has 0 fully saturated rings. The molecule has 1 aliphatic rings. The van der Waals surface area contributed by atoms with Crippen LogP contribution in [0.5, 0.6) is 0 Å². The molecular weight excluding hydrogens is 396 g/mol. The van der Waals surface area contributed by atoms with E-state index in [1.165, 1.54) is 33.4 Å². The number of rotatable bonds is 7. The summed E-state index contributed by atoms with van der Waals surface area (Å²) in [7, 11) is 0. The molecule has 1 aromatic rings. The van der Waals surface area contributed by atoms with E-state index in [9.17, 15) is 0 Å². The number of fused-ring (bicyclic) bond motifs is 1. The van der Waals surface area contributed by atoms with Crippen molar-refractivity contribution >= 4 is 5.57 Å². The molecule has 180 valence electrons. The van der Waals surface area contributed by atoms with Crippen LogP contribution in [0.4, 0.5) is 0 Å². The minimum Gasteiger partial charge on any atom is -0.0991 e. The maximum Gasteiger partial charge on any atom is 0.0706 e. The Morgan fingerprint density at radius 2 is 1.42 bits per heavy atom. The molecule has 2 rings (SSSR count). The van der Waals surface area contributed by atoms with Crippen molar-refractivity contribution in [3.05, 3.63) is 126 Å². The zero-order valence-corrected chi connectivity index (χ0v) is 23.0. The topological polar surface area (TPSA) is 0 Å². The van der Waals surface area contributed by atoms with Gasteiger partial charge in [-0.2, -0.15) is 0 Å². The SMILES string of the molecule is C=C/C=C\C1=C(C)c2ccccc2C1(/C(C=C)=C/C=C\C)C(/C=C\C)=C/C.CC.CC.CC. The van der Waals surface area contributed by atoms with Crippen molar-refractivity contribution in [1.29, 1.82) is 0 Å². The van der Waals surface area contributed by atoms with Gasteiger partial charge in [0.2, 0.25) is 0 Å². The number of hydrogen-bond donors (Lipinski definition) is 0. The zero-order valence-electron chi connectivity index (χ0n) is 23.0. The lowest BCUT2D eigenvalue weighted by Gasteiger charge is -2.36. The second kappa shape index (κ2) is 18.7. The zero-order chi connectivity index (χ0) is 25.9. The van der Waals surface area contributed by atoms with Crippen LogP contribution < -0.4 is 0 Å². The third kappa shape index (κ3) is 7.06. The first-order valence-corrected chi connectivity index (χ1v) is 12.5. The minimum atomic E-state index is -0.386. The lowest BCUT2D eigenvalue weighted by molar-refractivity contribution is 0.756. The fourth-order valence-electron chi connectivity index (χ4n) is 4.07. The molecular formula is C33H48. The molecule has 1 atom stereocenters. The van der Waals surface area contributed by atoms with Crippen LogP contribution in [0.15, 0.2) is 115 Å². The molecule has 0 amide bonds. The summed E-state index contributed by atoms with van der Waals surface area (Å²) >= 11 is 0. The Bertz CT molecular complexity index is 894. The summed E-state index contributed by atoms with van der Waals surface area (Å²) in [5, 5.41) is 0. The van der Waals surface area contributed by atoms with Gasteiger partial charge in [0.15, 0.2) is 0 Å². The largest absolute Gasteiger partial charge is 0.0991 e. The van der Waals surface area contributed by atoms with E-state index in [2.05, 4.69) is 101 Å². The van der Waals surface area contributed by atoms with E-state index < -0.39 is 0 Å². The van der Waals surface area contributed by atoms with Crippen molar-refractivity contribution in [2.24, 2.45) is 0 Å². The molecule has 0 saturated heterocycles. The summed E-state index contributed by atoms with van der Waals surface area (Å²) in [6.45, 7) is 28.5. The van der Waals surface area contributed by atoms with Gasteiger partial charge in [0.05, 0.1) is 5.41 Å². The normalized spacial score (nSPS) is 17.6. The maximum atomic E-state index is 4.17. The third-order valence-electron chi connectivity index (χ3n) is 5.15. The molecule has 0 heteroatoms. The Kier molecular flexibility index (Phi) is 18.3. The standard InChI is InChI=1S/C27H30.3C2H6/c1-7-12-17-23(11-5)27(22(10-4)16-9-3)25(19-13-8-2)21(6)24-18-14-15-20-26(24)27;3*1-2/h7-20H,2,5H2,1,3-4,6H3;3*1-2H3/b12-7-,16-9-,19-13-,22-10+,23-17+;;;. The molecule has 0 bridgehead atoms. The first-order valence-electron chi connectivity index (χ1n) is 12.5. The van der Waals surface area contributed by atoms with E-state index in [0.29, 0.717) is 0 Å². The summed E-state index contributed by atoms with van der Waals surface area (Å²) in [6, 6.07) is 8.70. The monoisotopic (exact) mass is 444 g/mol. The van der Waals surface area contributed by atoms with E-state index in [1.807, 2.05) is 66.7 Å². The smallest absolute Gasteiger partial charge is 0.0706 e. The predicted molar refractivity (Wildman–Crippen MR) is 156 cm³/mol. The van der Waals surface area contributed by atoms with Gasteiger partial charge in [-0.05, 0) is 61.1 Å². The second-order valence-corrected chi connectivity index (χ2v) is 6.53. The van der Waals surface area contributed by atoms with Crippen molar-refractivity contribution in [2.45, 2.75) is 74.7 Å². The molecule has 0 nitrogen and oxygen atoms in total. The lowest BCUT2D eigenvalue weighted by atomic mass is 9.65. The Balaban J connectivity index is 0. The van der Waals surface area contributed by atoms with Crippen LogP contribution >= 0.6 is 0 Å². The molecule has 1 aromatic carbocycles. The molecule has 0 N–H and O–H groups in total. The Morgan fingerprint density at radius 3 is 1.91 bits per heavy atom. The number of hydrogen-bond acceptors (Lipinski definition) is 0. The molecule has 1 aliphatic carbocycles. The van der Waals surface area contributed by atoms with Gasteiger partial charge in [0.25, 0.3) is 0 Å². The second-order valence-electron chi connectivity index (χ2n) is 6.53. The highest BCUT2D eigenvalue weighted by Gasteiger charge is 2.46. The quantitative estimate of drug-likeness (QED) is 0.367. The van der Waals surface area contributed by atoms with Crippen LogP contribution in [0, 0.1) is 0 Å². The fraction of sp³-hybridized carbons (Fsp3) is 0.333. The van der Waals surface area contributed by atoms with E-state index in [1.54, 1.807) is 0 Å². The molecule has 0 saturated carbocycles. The van der Waals surface area contributed by atoms with Gasteiger partial charge in [-0.25, -0.2) is 0 Å². The average molecular weight is 445 g/mol. The van der Waals surface area contributed by atoms with Gasteiger partial charge in [0, 0.05) is 0 Å². The van der Waals surface area contributed by atoms with E-state index >= 15 is 0 Å². The maximum absolute atomic E-state index is 4.17. The van der Waals surface area contributed by atoms with Gasteiger partial charge < -0.3 is 0 Å². The summed E-state index contributed by atoms with van der Waals surface area (Å²) in [5.74, 6) is 0. The first-order chi connectivity index (χ1) is 16.1. The Hall–Kier alpha value is -2.86. The first kappa shape index (κ1) is 32.3. The highest BCUT2D eigenvalue weighted by molar-refractivity contribution is 5.87. The number of benzene rings is 1. The van der Waals surface area contributed by atoms with E-state index in [4.69, 9.17) is 0 Å². The van der Waals surface area contributed by atoms with Gasteiger partial charge in [0.1, 0.15) is 0 Å². The van der Waals surface area contributed by atoms with Gasteiger partial charge in [-0.3, -0.25) is 0 Å². The molecule has 0 spiro atoms. The van der Waals surface area contributed by atoms with Crippen LogP contribution in [0.1, 0.15) is 80.4 Å². The molecule has 33 heavy (non-hydrogen) atoms. The van der Waals surface area contributed by atoms with Gasteiger partial charge in [-0.15, -0.1) is 0 Å². The van der Waals surface area contributed by atoms with Gasteiger partial charge in [-0.1, -0.05) is 140 Å². The third-order valence-corrected chi connectivity index (χ3v) is 5.15. The van der Waals surface area contributed by atoms with Crippen molar-refractivity contribution in [2.75, 3.05) is 0 Å². The molecule has 0 heterocycles. The van der Waals surface area contributed by atoms with Crippen molar-refractivity contribution in [3.8, 4) is 0 Å². The van der Waals surface area contributed by atoms with Crippen LogP contribution in [0.3, 0.4) is 0 Å². The predicted octanol–water partition coefficient (Wildman–Crippen LogP) is 10.7. The average Bonchev–Trinajstić information content (AvgIpc) is 3.14. The lowest BCUT2D eigenvalue weighted by Crippen LogP contribution is -2.30. The van der Waals surface area contributed by atoms with Crippen LogP contribution in [-0.2, 0) is 5.41 Å². The molecule has 0 aromatic heterocycles. The van der Waals surface area contributed by atoms with Crippen LogP contribution in [0.2, 0.25) is 0 Å². The summed E-state index contributed by atoms with van der Waals surface area (Å²) in [4.78, 5) is 0. The van der Waals surface area contributed by atoms with Crippen molar-refractivity contribution < 1.29 is 0 Å². The van der Waals surface area contributed by atoms with Crippen LogP contribution in [-0.4, -0.2) is 0 Å². The molecule has 0 aliphatic heterocycles. The Morgan fingerprint density at radius 1 is 0.818 bits per heavy atom. The summed E-state index contributed by atoms with van der Waals surface area (Å²) in [5.41, 5.74) is 7.17. The van der Waals surface area contributed by atoms with Crippen LogP contribution in [0.25, 0.3) is 5.57 Å². The fourth-order valence-corrected chi connectivity index (χ4v) is 4.07. The van der Waals surface area contributed by atoms with E-state index in [0.717, 1.165) is 0 Å². The highest BCUT2D eigenvalue weighted by atomic mass is 14.5. The summed E-state index contributed by atoms with van der Waals surface area (Å²) in [6.07, 6.45) is 20.9. The minimum absolute atomic E-state index is 0.386. The number of allylic oxidation sites excluding steroid dienone is 14. The summed E-state index contributed by atoms with van der Waals surface area (Å²) < 4.78 is 0. The van der Waals surface area contributed by atoms with Crippen molar-refractivity contribution in [3.63, 3.8) is 0 Å².